The van der Waals surface area contributed by atoms with Gasteiger partial charge in [-0.2, -0.15) is 5.10 Å². The summed E-state index contributed by atoms with van der Waals surface area (Å²) in [6.07, 6.45) is 6.95. The highest BCUT2D eigenvalue weighted by Gasteiger charge is 2.56. The SMILES string of the molecule is NC(=O)c1nn(CC(=O)N2[C@@H]3C[C@@H]3C[C@H]2C(=O)Nc2cccc(C3CC3)n2)c2ccc(C#Cc3ncccn3)cc12. The Morgan fingerprint density at radius 3 is 2.63 bits per heavy atom. The van der Waals surface area contributed by atoms with Crippen molar-refractivity contribution in [2.24, 2.45) is 11.7 Å². The first-order valence-electron chi connectivity index (χ1n) is 13.6. The van der Waals surface area contributed by atoms with E-state index in [-0.39, 0.29) is 30.1 Å². The molecule has 3 aliphatic rings. The number of amides is 3. The highest BCUT2D eigenvalue weighted by Crippen LogP contribution is 2.48. The van der Waals surface area contributed by atoms with Crippen molar-refractivity contribution in [3.63, 3.8) is 0 Å². The number of pyridine rings is 1. The lowest BCUT2D eigenvalue weighted by molar-refractivity contribution is -0.138. The van der Waals surface area contributed by atoms with Gasteiger partial charge in [0, 0.05) is 41.0 Å². The molecule has 7 rings (SSSR count). The highest BCUT2D eigenvalue weighted by atomic mass is 16.2. The van der Waals surface area contributed by atoms with Crippen LogP contribution in [0.3, 0.4) is 0 Å². The van der Waals surface area contributed by atoms with Crippen LogP contribution >= 0.6 is 0 Å². The summed E-state index contributed by atoms with van der Waals surface area (Å²) in [5.41, 5.74) is 7.86. The Balaban J connectivity index is 1.12. The Kier molecular flexibility index (Phi) is 5.96. The summed E-state index contributed by atoms with van der Waals surface area (Å²) in [4.78, 5) is 53.6. The molecule has 3 atom stereocenters. The minimum atomic E-state index is -0.709. The van der Waals surface area contributed by atoms with Gasteiger partial charge >= 0.3 is 0 Å². The summed E-state index contributed by atoms with van der Waals surface area (Å²) in [5.74, 6) is 6.36. The van der Waals surface area contributed by atoms with Gasteiger partial charge < -0.3 is 16.0 Å². The molecule has 0 radical (unpaired) electrons. The van der Waals surface area contributed by atoms with E-state index < -0.39 is 11.9 Å². The molecule has 4 aromatic rings. The molecule has 2 aliphatic carbocycles. The quantitative estimate of drug-likeness (QED) is 0.352. The van der Waals surface area contributed by atoms with E-state index in [4.69, 9.17) is 5.73 Å². The molecule has 11 nitrogen and oxygen atoms in total. The number of hydrogen-bond acceptors (Lipinski definition) is 7. The van der Waals surface area contributed by atoms with Crippen LogP contribution in [0.5, 0.6) is 0 Å². The van der Waals surface area contributed by atoms with Crippen LogP contribution in [0.1, 0.15) is 59.2 Å². The second kappa shape index (κ2) is 9.82. The van der Waals surface area contributed by atoms with Gasteiger partial charge in [0.25, 0.3) is 5.91 Å². The third kappa shape index (κ3) is 4.89. The Hall–Kier alpha value is -5.11. The van der Waals surface area contributed by atoms with Gasteiger partial charge in [0.05, 0.1) is 5.52 Å². The number of piperidine rings is 1. The Morgan fingerprint density at radius 2 is 1.85 bits per heavy atom. The van der Waals surface area contributed by atoms with Gasteiger partial charge in [0.1, 0.15) is 18.4 Å². The normalized spacial score (nSPS) is 20.7. The number of nitrogens with two attached hydrogens (primary N) is 1. The van der Waals surface area contributed by atoms with E-state index in [1.807, 2.05) is 12.1 Å². The smallest absolute Gasteiger partial charge is 0.269 e. The minimum Gasteiger partial charge on any atom is -0.364 e. The van der Waals surface area contributed by atoms with Gasteiger partial charge in [-0.25, -0.2) is 15.0 Å². The average Bonchev–Trinajstić information content (AvgIpc) is 3.90. The molecule has 2 saturated carbocycles. The number of rotatable bonds is 6. The maximum atomic E-state index is 13.6. The Bertz CT molecular complexity index is 1770. The fourth-order valence-electron chi connectivity index (χ4n) is 5.65. The zero-order valence-corrected chi connectivity index (χ0v) is 22.0. The van der Waals surface area contributed by atoms with Crippen molar-refractivity contribution in [3.8, 4) is 11.8 Å². The van der Waals surface area contributed by atoms with Crippen LogP contribution in [-0.2, 0) is 16.1 Å². The first-order valence-corrected chi connectivity index (χ1v) is 13.6. The average molecular weight is 547 g/mol. The molecule has 3 fully saturated rings. The summed E-state index contributed by atoms with van der Waals surface area (Å²) < 4.78 is 1.47. The molecule has 0 bridgehead atoms. The van der Waals surface area contributed by atoms with Gasteiger partial charge in [0.2, 0.25) is 17.6 Å². The molecule has 0 spiro atoms. The van der Waals surface area contributed by atoms with Gasteiger partial charge in [-0.1, -0.05) is 12.0 Å². The number of nitrogens with zero attached hydrogens (tertiary/aromatic N) is 6. The second-order valence-electron chi connectivity index (χ2n) is 10.8. The lowest BCUT2D eigenvalue weighted by Gasteiger charge is -2.27. The molecular formula is C30H26N8O3. The van der Waals surface area contributed by atoms with Crippen LogP contribution in [-0.4, -0.2) is 59.4 Å². The maximum Gasteiger partial charge on any atom is 0.269 e. The second-order valence-corrected chi connectivity index (χ2v) is 10.8. The summed E-state index contributed by atoms with van der Waals surface area (Å²) >= 11 is 0. The predicted octanol–water partition coefficient (Wildman–Crippen LogP) is 2.23. The standard InChI is InChI=1S/C30H26N8O3/c31-29(40)28-20-13-17(6-10-25-32-11-2-12-33-25)5-9-22(20)37(36-28)16-27(39)38-23-14-19(23)15-24(38)30(41)35-26-4-1-3-21(34-26)18-7-8-18/h1-5,9,11-13,18-19,23-24H,7-8,14-16H2,(H2,31,40)(H,34,35,41)/t19-,23-,24+/m1/s1. The van der Waals surface area contributed by atoms with Crippen LogP contribution in [0.4, 0.5) is 5.82 Å². The van der Waals surface area contributed by atoms with Gasteiger partial charge in [-0.3, -0.25) is 19.1 Å². The summed E-state index contributed by atoms with van der Waals surface area (Å²) in [6.45, 7) is -0.130. The number of carbonyl (C=O) groups is 3. The molecular weight excluding hydrogens is 520 g/mol. The Labute approximate surface area is 235 Å². The molecule has 3 N–H and O–H groups in total. The topological polar surface area (TPSA) is 149 Å². The third-order valence-corrected chi connectivity index (χ3v) is 7.87. The van der Waals surface area contributed by atoms with Gasteiger partial charge in [-0.05, 0) is 73.9 Å². The van der Waals surface area contributed by atoms with Crippen molar-refractivity contribution in [2.75, 3.05) is 5.32 Å². The van der Waals surface area contributed by atoms with Crippen LogP contribution in [0.2, 0.25) is 0 Å². The van der Waals surface area contributed by atoms with E-state index >= 15 is 0 Å². The number of fused-ring (bicyclic) bond motifs is 2. The minimum absolute atomic E-state index is 0.0310. The number of benzene rings is 1. The van der Waals surface area contributed by atoms with Crippen molar-refractivity contribution >= 4 is 34.4 Å². The molecule has 1 aliphatic heterocycles. The molecule has 3 aromatic heterocycles. The highest BCUT2D eigenvalue weighted by molar-refractivity contribution is 6.05. The molecule has 41 heavy (non-hydrogen) atoms. The zero-order valence-electron chi connectivity index (χ0n) is 22.0. The lowest BCUT2D eigenvalue weighted by atomic mass is 10.1. The number of aromatic nitrogens is 5. The molecule has 1 aromatic carbocycles. The lowest BCUT2D eigenvalue weighted by Crippen LogP contribution is -2.46. The molecule has 1 saturated heterocycles. The monoisotopic (exact) mass is 546 g/mol. The molecule has 11 heteroatoms. The number of primary amides is 1. The van der Waals surface area contributed by atoms with Crippen LogP contribution in [0, 0.1) is 17.8 Å². The summed E-state index contributed by atoms with van der Waals surface area (Å²) in [7, 11) is 0. The summed E-state index contributed by atoms with van der Waals surface area (Å²) in [6, 6.07) is 12.1. The first-order chi connectivity index (χ1) is 19.9. The van der Waals surface area contributed by atoms with Crippen molar-refractivity contribution in [2.45, 2.75) is 50.2 Å². The van der Waals surface area contributed by atoms with E-state index in [1.165, 1.54) is 4.68 Å². The first kappa shape index (κ1) is 24.9. The van der Waals surface area contributed by atoms with E-state index in [0.717, 1.165) is 25.0 Å². The number of anilines is 1. The summed E-state index contributed by atoms with van der Waals surface area (Å²) in [5, 5.41) is 7.80. The zero-order chi connectivity index (χ0) is 28.1. The van der Waals surface area contributed by atoms with Crippen molar-refractivity contribution < 1.29 is 14.4 Å². The number of carbonyl (C=O) groups excluding carboxylic acids is 3. The van der Waals surface area contributed by atoms with Gasteiger partial charge in [0.15, 0.2) is 5.69 Å². The van der Waals surface area contributed by atoms with Crippen LogP contribution in [0.15, 0.2) is 54.9 Å². The van der Waals surface area contributed by atoms with Crippen LogP contribution < -0.4 is 11.1 Å². The van der Waals surface area contributed by atoms with Gasteiger partial charge in [-0.15, -0.1) is 0 Å². The molecule has 204 valence electrons. The number of likely N-dealkylation sites (tertiary alicyclic amines) is 1. The molecule has 4 heterocycles. The molecule has 0 unspecified atom stereocenters. The number of nitrogens with one attached hydrogen (secondary N) is 1. The largest absolute Gasteiger partial charge is 0.364 e. The van der Waals surface area contributed by atoms with Crippen molar-refractivity contribution in [1.29, 1.82) is 0 Å². The van der Waals surface area contributed by atoms with E-state index in [9.17, 15) is 14.4 Å². The Morgan fingerprint density at radius 1 is 1.02 bits per heavy atom. The van der Waals surface area contributed by atoms with E-state index in [1.54, 1.807) is 47.6 Å². The third-order valence-electron chi connectivity index (χ3n) is 7.87. The van der Waals surface area contributed by atoms with Crippen LogP contribution in [0.25, 0.3) is 10.9 Å². The van der Waals surface area contributed by atoms with E-state index in [0.29, 0.717) is 46.4 Å². The predicted molar refractivity (Wildman–Crippen MR) is 148 cm³/mol. The fourth-order valence-corrected chi connectivity index (χ4v) is 5.65. The van der Waals surface area contributed by atoms with Crippen molar-refractivity contribution in [1.82, 2.24) is 29.6 Å². The van der Waals surface area contributed by atoms with Crippen molar-refractivity contribution in [3.05, 3.63) is 77.6 Å². The fraction of sp³-hybridized carbons (Fsp3) is 0.300. The maximum absolute atomic E-state index is 13.6. The molecule has 3 amide bonds. The number of hydrogen-bond donors (Lipinski definition) is 2. The van der Waals surface area contributed by atoms with E-state index in [2.05, 4.69) is 37.2 Å².